The van der Waals surface area contributed by atoms with Gasteiger partial charge in [-0.2, -0.15) is 0 Å². The molecule has 0 atom stereocenters. The average molecular weight is 309 g/mol. The number of hydrogen-bond acceptors (Lipinski definition) is 6. The maximum atomic E-state index is 13.1. The molecule has 0 aliphatic rings. The zero-order chi connectivity index (χ0) is 15.6. The van der Waals surface area contributed by atoms with Crippen LogP contribution in [0.25, 0.3) is 0 Å². The van der Waals surface area contributed by atoms with Crippen LogP contribution in [0.2, 0.25) is 0 Å². The van der Waals surface area contributed by atoms with Crippen LogP contribution in [0.1, 0.15) is 22.8 Å². The number of carbonyl (C=O) groups excluding carboxylic acids is 1. The standard InChI is InChI=1S/C13H12FN3O3S/c1-2-21(19,20)13-16-7-10(12(15)17-13)11(18)8-4-3-5-9(14)6-8/h3-7H,2H2,1H3,(H2,15,16,17). The molecule has 0 bridgehead atoms. The van der Waals surface area contributed by atoms with Gasteiger partial charge in [0, 0.05) is 11.8 Å². The van der Waals surface area contributed by atoms with Gasteiger partial charge < -0.3 is 5.73 Å². The van der Waals surface area contributed by atoms with Gasteiger partial charge in [0.05, 0.1) is 11.3 Å². The van der Waals surface area contributed by atoms with Crippen LogP contribution in [0, 0.1) is 5.82 Å². The molecule has 0 aliphatic carbocycles. The van der Waals surface area contributed by atoms with E-state index in [4.69, 9.17) is 5.73 Å². The number of halogens is 1. The molecule has 2 aromatic rings. The van der Waals surface area contributed by atoms with E-state index in [0.717, 1.165) is 12.3 Å². The Kier molecular flexibility index (Phi) is 3.99. The predicted octanol–water partition coefficient (Wildman–Crippen LogP) is 1.22. The van der Waals surface area contributed by atoms with Gasteiger partial charge in [0.2, 0.25) is 15.0 Å². The first kappa shape index (κ1) is 15.0. The van der Waals surface area contributed by atoms with Crippen LogP contribution in [0.5, 0.6) is 0 Å². The van der Waals surface area contributed by atoms with Crippen molar-refractivity contribution in [2.45, 2.75) is 12.1 Å². The summed E-state index contributed by atoms with van der Waals surface area (Å²) < 4.78 is 36.4. The molecular weight excluding hydrogens is 297 g/mol. The van der Waals surface area contributed by atoms with E-state index in [2.05, 4.69) is 9.97 Å². The number of hydrogen-bond donors (Lipinski definition) is 1. The van der Waals surface area contributed by atoms with Crippen LogP contribution in [-0.2, 0) is 9.84 Å². The fraction of sp³-hybridized carbons (Fsp3) is 0.154. The monoisotopic (exact) mass is 309 g/mol. The molecule has 0 fully saturated rings. The number of nitrogens with two attached hydrogens (primary N) is 1. The molecule has 21 heavy (non-hydrogen) atoms. The number of ketones is 1. The lowest BCUT2D eigenvalue weighted by atomic mass is 10.1. The smallest absolute Gasteiger partial charge is 0.249 e. The minimum atomic E-state index is -3.61. The van der Waals surface area contributed by atoms with Gasteiger partial charge in [-0.1, -0.05) is 19.1 Å². The van der Waals surface area contributed by atoms with Crippen molar-refractivity contribution >= 4 is 21.4 Å². The van der Waals surface area contributed by atoms with Gasteiger partial charge in [-0.25, -0.2) is 22.8 Å². The van der Waals surface area contributed by atoms with Gasteiger partial charge in [-0.3, -0.25) is 4.79 Å². The Labute approximate surface area is 120 Å². The second kappa shape index (κ2) is 5.57. The number of carbonyl (C=O) groups is 1. The summed E-state index contributed by atoms with van der Waals surface area (Å²) in [6.07, 6.45) is 1.04. The molecule has 2 N–H and O–H groups in total. The van der Waals surface area contributed by atoms with Crippen LogP contribution in [-0.4, -0.2) is 29.9 Å². The molecule has 8 heteroatoms. The number of benzene rings is 1. The molecule has 1 aromatic heterocycles. The summed E-state index contributed by atoms with van der Waals surface area (Å²) in [4.78, 5) is 19.5. The number of nitrogen functional groups attached to an aromatic ring is 1. The molecule has 2 rings (SSSR count). The van der Waals surface area contributed by atoms with Gasteiger partial charge >= 0.3 is 0 Å². The van der Waals surface area contributed by atoms with Crippen molar-refractivity contribution in [2.24, 2.45) is 0 Å². The molecule has 0 unspecified atom stereocenters. The number of anilines is 1. The summed E-state index contributed by atoms with van der Waals surface area (Å²) >= 11 is 0. The first-order chi connectivity index (χ1) is 9.85. The van der Waals surface area contributed by atoms with E-state index < -0.39 is 26.6 Å². The van der Waals surface area contributed by atoms with Crippen LogP contribution < -0.4 is 5.73 Å². The van der Waals surface area contributed by atoms with Crippen molar-refractivity contribution in [3.8, 4) is 0 Å². The van der Waals surface area contributed by atoms with Gasteiger partial charge in [0.15, 0.2) is 5.78 Å². The Morgan fingerprint density at radius 1 is 1.38 bits per heavy atom. The van der Waals surface area contributed by atoms with Gasteiger partial charge in [0.1, 0.15) is 11.6 Å². The third-order valence-corrected chi connectivity index (χ3v) is 4.30. The van der Waals surface area contributed by atoms with Crippen LogP contribution >= 0.6 is 0 Å². The summed E-state index contributed by atoms with van der Waals surface area (Å²) in [7, 11) is -3.61. The highest BCUT2D eigenvalue weighted by Crippen LogP contribution is 2.17. The predicted molar refractivity (Wildman–Crippen MR) is 74.0 cm³/mol. The van der Waals surface area contributed by atoms with Crippen molar-refractivity contribution in [1.82, 2.24) is 9.97 Å². The zero-order valence-electron chi connectivity index (χ0n) is 11.1. The normalized spacial score (nSPS) is 11.3. The summed E-state index contributed by atoms with van der Waals surface area (Å²) in [6, 6.07) is 5.06. The molecule has 0 amide bonds. The maximum Gasteiger partial charge on any atom is 0.249 e. The highest BCUT2D eigenvalue weighted by atomic mass is 32.2. The number of sulfone groups is 1. The lowest BCUT2D eigenvalue weighted by molar-refractivity contribution is 0.103. The highest BCUT2D eigenvalue weighted by Gasteiger charge is 2.20. The second-order valence-corrected chi connectivity index (χ2v) is 6.37. The number of aromatic nitrogens is 2. The van der Waals surface area contributed by atoms with Gasteiger partial charge in [-0.15, -0.1) is 0 Å². The molecule has 0 radical (unpaired) electrons. The quantitative estimate of drug-likeness (QED) is 0.673. The van der Waals surface area contributed by atoms with E-state index in [-0.39, 0.29) is 22.7 Å². The topological polar surface area (TPSA) is 103 Å². The largest absolute Gasteiger partial charge is 0.383 e. The summed E-state index contributed by atoms with van der Waals surface area (Å²) in [5.74, 6) is -1.58. The molecule has 1 heterocycles. The van der Waals surface area contributed by atoms with E-state index in [9.17, 15) is 17.6 Å². The summed E-state index contributed by atoms with van der Waals surface area (Å²) in [6.45, 7) is 1.45. The van der Waals surface area contributed by atoms with Crippen molar-refractivity contribution in [3.05, 3.63) is 47.4 Å². The first-order valence-corrected chi connectivity index (χ1v) is 7.66. The van der Waals surface area contributed by atoms with Crippen molar-refractivity contribution < 1.29 is 17.6 Å². The second-order valence-electron chi connectivity index (χ2n) is 4.19. The van der Waals surface area contributed by atoms with Crippen molar-refractivity contribution in [1.29, 1.82) is 0 Å². The van der Waals surface area contributed by atoms with Gasteiger partial charge in [-0.05, 0) is 12.1 Å². The lowest BCUT2D eigenvalue weighted by Crippen LogP contribution is -2.14. The Hall–Kier alpha value is -2.35. The van der Waals surface area contributed by atoms with Gasteiger partial charge in [0.25, 0.3) is 0 Å². The summed E-state index contributed by atoms with van der Waals surface area (Å²) in [5.41, 5.74) is 5.63. The van der Waals surface area contributed by atoms with Crippen LogP contribution in [0.3, 0.4) is 0 Å². The van der Waals surface area contributed by atoms with Crippen molar-refractivity contribution in [2.75, 3.05) is 11.5 Å². The third-order valence-electron chi connectivity index (χ3n) is 2.79. The fourth-order valence-corrected chi connectivity index (χ4v) is 2.33. The Balaban J connectivity index is 2.45. The molecule has 0 spiro atoms. The molecule has 0 saturated heterocycles. The number of nitrogens with zero attached hydrogens (tertiary/aromatic N) is 2. The number of rotatable bonds is 4. The molecule has 6 nitrogen and oxygen atoms in total. The highest BCUT2D eigenvalue weighted by molar-refractivity contribution is 7.91. The Morgan fingerprint density at radius 3 is 2.67 bits per heavy atom. The van der Waals surface area contributed by atoms with Crippen molar-refractivity contribution in [3.63, 3.8) is 0 Å². The Morgan fingerprint density at radius 2 is 2.10 bits per heavy atom. The molecule has 1 aromatic carbocycles. The van der Waals surface area contributed by atoms with Crippen LogP contribution in [0.4, 0.5) is 10.2 Å². The third kappa shape index (κ3) is 3.05. The molecule has 0 saturated carbocycles. The fourth-order valence-electron chi connectivity index (χ4n) is 1.62. The maximum absolute atomic E-state index is 13.1. The van der Waals surface area contributed by atoms with E-state index in [1.54, 1.807) is 0 Å². The zero-order valence-corrected chi connectivity index (χ0v) is 11.9. The van der Waals surface area contributed by atoms with E-state index in [0.29, 0.717) is 0 Å². The molecule has 110 valence electrons. The molecule has 0 aliphatic heterocycles. The minimum Gasteiger partial charge on any atom is -0.383 e. The minimum absolute atomic E-state index is 0.0735. The van der Waals surface area contributed by atoms with Crippen LogP contribution in [0.15, 0.2) is 35.6 Å². The SMILES string of the molecule is CCS(=O)(=O)c1ncc(C(=O)c2cccc(F)c2)c(N)n1. The summed E-state index contributed by atoms with van der Waals surface area (Å²) in [5, 5.41) is -0.432. The average Bonchev–Trinajstić information content (AvgIpc) is 2.46. The lowest BCUT2D eigenvalue weighted by Gasteiger charge is -2.06. The van der Waals surface area contributed by atoms with E-state index >= 15 is 0 Å². The first-order valence-electron chi connectivity index (χ1n) is 6.00. The van der Waals surface area contributed by atoms with E-state index in [1.807, 2.05) is 0 Å². The molecular formula is C13H12FN3O3S. The van der Waals surface area contributed by atoms with E-state index in [1.165, 1.54) is 25.1 Å². The Bertz CT molecular complexity index is 806.